The van der Waals surface area contributed by atoms with Gasteiger partial charge in [-0.15, -0.1) is 0 Å². The summed E-state index contributed by atoms with van der Waals surface area (Å²) < 4.78 is 14.1. The third kappa shape index (κ3) is 1.56. The number of fused-ring (bicyclic) bond motifs is 3. The molecule has 2 aliphatic heterocycles. The maximum absolute atomic E-state index is 14.1. The van der Waals surface area contributed by atoms with Gasteiger partial charge in [-0.05, 0) is 11.6 Å². The summed E-state index contributed by atoms with van der Waals surface area (Å²) in [6.45, 7) is 5.68. The van der Waals surface area contributed by atoms with E-state index in [4.69, 9.17) is 0 Å². The van der Waals surface area contributed by atoms with Crippen LogP contribution in [-0.4, -0.2) is 30.4 Å². The molecule has 3 rings (SSSR count). The number of nitrogens with one attached hydrogen (secondary N) is 1. The molecule has 0 spiro atoms. The van der Waals surface area contributed by atoms with Crippen molar-refractivity contribution >= 4 is 5.91 Å². The van der Waals surface area contributed by atoms with E-state index in [1.807, 2.05) is 24.8 Å². The van der Waals surface area contributed by atoms with Gasteiger partial charge in [-0.1, -0.05) is 26.0 Å². The van der Waals surface area contributed by atoms with E-state index in [-0.39, 0.29) is 23.2 Å². The lowest BCUT2D eigenvalue weighted by atomic mass is 9.75. The maximum Gasteiger partial charge on any atom is 0.237 e. The van der Waals surface area contributed by atoms with Gasteiger partial charge < -0.3 is 10.2 Å². The predicted molar refractivity (Wildman–Crippen MR) is 66.7 cm³/mol. The topological polar surface area (TPSA) is 32.3 Å². The van der Waals surface area contributed by atoms with Crippen molar-refractivity contribution < 1.29 is 9.18 Å². The van der Waals surface area contributed by atoms with E-state index in [2.05, 4.69) is 5.32 Å². The highest BCUT2D eigenvalue weighted by atomic mass is 19.1. The van der Waals surface area contributed by atoms with Crippen LogP contribution in [0.25, 0.3) is 0 Å². The van der Waals surface area contributed by atoms with E-state index in [0.717, 1.165) is 11.1 Å². The van der Waals surface area contributed by atoms with Crippen molar-refractivity contribution in [1.29, 1.82) is 0 Å². The minimum absolute atomic E-state index is 0.0232. The van der Waals surface area contributed by atoms with Crippen LogP contribution in [0.3, 0.4) is 0 Å². The average molecular weight is 248 g/mol. The first-order valence-corrected chi connectivity index (χ1v) is 6.30. The molecule has 18 heavy (non-hydrogen) atoms. The van der Waals surface area contributed by atoms with Crippen molar-refractivity contribution in [3.05, 3.63) is 35.1 Å². The fourth-order valence-electron chi connectivity index (χ4n) is 3.22. The molecule has 0 radical (unpaired) electrons. The molecule has 0 aliphatic carbocycles. The van der Waals surface area contributed by atoms with Crippen LogP contribution in [0.5, 0.6) is 0 Å². The fraction of sp³-hybridized carbons (Fsp3) is 0.500. The van der Waals surface area contributed by atoms with Gasteiger partial charge in [0, 0.05) is 24.1 Å². The molecular weight excluding hydrogens is 231 g/mol. The maximum atomic E-state index is 14.1. The SMILES string of the molecule is CC1(C)CN2C(=O)CNCC2c2cccc(F)c21. The molecule has 1 amide bonds. The number of halogens is 1. The summed E-state index contributed by atoms with van der Waals surface area (Å²) in [5, 5.41) is 3.11. The van der Waals surface area contributed by atoms with Gasteiger partial charge in [0.15, 0.2) is 0 Å². The molecule has 1 aromatic rings. The smallest absolute Gasteiger partial charge is 0.237 e. The molecule has 2 heterocycles. The molecule has 2 aliphatic rings. The Morgan fingerprint density at radius 3 is 3.00 bits per heavy atom. The molecule has 1 atom stereocenters. The van der Waals surface area contributed by atoms with Crippen molar-refractivity contribution in [3.63, 3.8) is 0 Å². The third-order valence-corrected chi connectivity index (χ3v) is 3.96. The Bertz CT molecular complexity index is 513. The van der Waals surface area contributed by atoms with Crippen LogP contribution in [-0.2, 0) is 10.2 Å². The number of carbonyl (C=O) groups excluding carboxylic acids is 1. The highest BCUT2D eigenvalue weighted by Crippen LogP contribution is 2.41. The summed E-state index contributed by atoms with van der Waals surface area (Å²) in [4.78, 5) is 13.9. The van der Waals surface area contributed by atoms with Gasteiger partial charge in [0.1, 0.15) is 5.82 Å². The van der Waals surface area contributed by atoms with Gasteiger partial charge in [0.2, 0.25) is 5.91 Å². The van der Waals surface area contributed by atoms with Gasteiger partial charge in [-0.3, -0.25) is 4.79 Å². The summed E-state index contributed by atoms with van der Waals surface area (Å²) in [6, 6.07) is 5.16. The molecule has 1 saturated heterocycles. The van der Waals surface area contributed by atoms with E-state index in [9.17, 15) is 9.18 Å². The molecule has 96 valence electrons. The molecular formula is C14H17FN2O. The van der Waals surface area contributed by atoms with Crippen molar-refractivity contribution in [2.24, 2.45) is 0 Å². The Hall–Kier alpha value is -1.42. The van der Waals surface area contributed by atoms with E-state index < -0.39 is 0 Å². The zero-order chi connectivity index (χ0) is 12.9. The van der Waals surface area contributed by atoms with Gasteiger partial charge in [0.05, 0.1) is 12.6 Å². The molecule has 1 aromatic carbocycles. The number of nitrogens with zero attached hydrogens (tertiary/aromatic N) is 1. The van der Waals surface area contributed by atoms with Gasteiger partial charge in [-0.25, -0.2) is 4.39 Å². The number of carbonyl (C=O) groups is 1. The van der Waals surface area contributed by atoms with E-state index in [0.29, 0.717) is 19.6 Å². The monoisotopic (exact) mass is 248 g/mol. The minimum Gasteiger partial charge on any atom is -0.332 e. The zero-order valence-corrected chi connectivity index (χ0v) is 10.7. The van der Waals surface area contributed by atoms with E-state index in [1.54, 1.807) is 6.07 Å². The van der Waals surface area contributed by atoms with Crippen LogP contribution in [0.2, 0.25) is 0 Å². The third-order valence-electron chi connectivity index (χ3n) is 3.96. The summed E-state index contributed by atoms with van der Waals surface area (Å²) in [5.41, 5.74) is 1.39. The largest absolute Gasteiger partial charge is 0.332 e. The van der Waals surface area contributed by atoms with E-state index >= 15 is 0 Å². The Labute approximate surface area is 106 Å². The minimum atomic E-state index is -0.329. The van der Waals surface area contributed by atoms with Gasteiger partial charge in [-0.2, -0.15) is 0 Å². The van der Waals surface area contributed by atoms with E-state index in [1.165, 1.54) is 6.07 Å². The van der Waals surface area contributed by atoms with Crippen LogP contribution in [0.15, 0.2) is 18.2 Å². The molecule has 0 saturated carbocycles. The highest BCUT2D eigenvalue weighted by molar-refractivity contribution is 5.80. The Kier molecular flexibility index (Phi) is 2.45. The number of benzene rings is 1. The molecule has 3 nitrogen and oxygen atoms in total. The lowest BCUT2D eigenvalue weighted by Gasteiger charge is -2.47. The van der Waals surface area contributed by atoms with Crippen molar-refractivity contribution in [2.45, 2.75) is 25.3 Å². The quantitative estimate of drug-likeness (QED) is 0.756. The van der Waals surface area contributed by atoms with Crippen molar-refractivity contribution in [2.75, 3.05) is 19.6 Å². The molecule has 0 aromatic heterocycles. The molecule has 1 unspecified atom stereocenters. The molecule has 0 bridgehead atoms. The Balaban J connectivity index is 2.17. The Morgan fingerprint density at radius 1 is 1.44 bits per heavy atom. The summed E-state index contributed by atoms with van der Waals surface area (Å²) >= 11 is 0. The van der Waals surface area contributed by atoms with Crippen LogP contribution in [0.4, 0.5) is 4.39 Å². The first-order valence-electron chi connectivity index (χ1n) is 6.30. The number of hydrogen-bond donors (Lipinski definition) is 1. The van der Waals surface area contributed by atoms with Crippen LogP contribution >= 0.6 is 0 Å². The second kappa shape index (κ2) is 3.79. The highest BCUT2D eigenvalue weighted by Gasteiger charge is 2.42. The summed E-state index contributed by atoms with van der Waals surface area (Å²) in [6.07, 6.45) is 0. The Morgan fingerprint density at radius 2 is 2.22 bits per heavy atom. The zero-order valence-electron chi connectivity index (χ0n) is 10.7. The molecule has 1 fully saturated rings. The normalized spacial score (nSPS) is 25.6. The van der Waals surface area contributed by atoms with Crippen LogP contribution < -0.4 is 5.32 Å². The number of hydrogen-bond acceptors (Lipinski definition) is 2. The number of piperazine rings is 1. The summed E-state index contributed by atoms with van der Waals surface area (Å²) in [5.74, 6) is -0.0515. The standard InChI is InChI=1S/C14H17FN2O/c1-14(2)8-17-11(6-16-7-12(17)18)9-4-3-5-10(15)13(9)14/h3-5,11,16H,6-8H2,1-2H3. The van der Waals surface area contributed by atoms with Crippen molar-refractivity contribution in [1.82, 2.24) is 10.2 Å². The fourth-order valence-corrected chi connectivity index (χ4v) is 3.22. The number of amides is 1. The second-order valence-electron chi connectivity index (χ2n) is 5.76. The van der Waals surface area contributed by atoms with Gasteiger partial charge in [0.25, 0.3) is 0 Å². The molecule has 1 N–H and O–H groups in total. The predicted octanol–water partition coefficient (Wildman–Crippen LogP) is 1.59. The van der Waals surface area contributed by atoms with Crippen LogP contribution in [0, 0.1) is 5.82 Å². The van der Waals surface area contributed by atoms with Crippen LogP contribution in [0.1, 0.15) is 31.0 Å². The lowest BCUT2D eigenvalue weighted by Crippen LogP contribution is -2.56. The first-order chi connectivity index (χ1) is 8.50. The second-order valence-corrected chi connectivity index (χ2v) is 5.76. The van der Waals surface area contributed by atoms with Crippen molar-refractivity contribution in [3.8, 4) is 0 Å². The lowest BCUT2D eigenvalue weighted by molar-refractivity contribution is -0.136. The first kappa shape index (κ1) is 11.7. The average Bonchev–Trinajstić information content (AvgIpc) is 2.30. The number of rotatable bonds is 0. The molecule has 4 heteroatoms. The summed E-state index contributed by atoms with van der Waals surface area (Å²) in [7, 11) is 0. The van der Waals surface area contributed by atoms with Gasteiger partial charge >= 0.3 is 0 Å².